The Kier molecular flexibility index (Phi) is 5.03. The van der Waals surface area contributed by atoms with Crippen molar-refractivity contribution >= 4 is 29.3 Å². The van der Waals surface area contributed by atoms with E-state index in [0.29, 0.717) is 5.15 Å². The lowest BCUT2D eigenvalue weighted by Gasteiger charge is -2.11. The number of aromatic nitrogens is 2. The highest BCUT2D eigenvalue weighted by Gasteiger charge is 2.10. The zero-order chi connectivity index (χ0) is 16.3. The minimum atomic E-state index is -0.177. The van der Waals surface area contributed by atoms with Crippen LogP contribution in [0.25, 0.3) is 6.08 Å². The molecule has 0 unspecified atom stereocenters. The fourth-order valence-corrected chi connectivity index (χ4v) is 2.60. The summed E-state index contributed by atoms with van der Waals surface area (Å²) in [6, 6.07) is 6.01. The van der Waals surface area contributed by atoms with Gasteiger partial charge in [-0.1, -0.05) is 36.7 Å². The summed E-state index contributed by atoms with van der Waals surface area (Å²) in [6.45, 7) is 5.92. The van der Waals surface area contributed by atoms with Crippen LogP contribution in [0.4, 0.5) is 5.69 Å². The number of carbonyl (C=O) groups excluding carboxylic acids is 1. The van der Waals surface area contributed by atoms with Crippen molar-refractivity contribution in [3.63, 3.8) is 0 Å². The molecule has 0 aliphatic rings. The Morgan fingerprint density at radius 2 is 2.14 bits per heavy atom. The summed E-state index contributed by atoms with van der Waals surface area (Å²) < 4.78 is 1.59. The third-order valence-electron chi connectivity index (χ3n) is 3.59. The topological polar surface area (TPSA) is 46.9 Å². The van der Waals surface area contributed by atoms with Crippen LogP contribution in [0.2, 0.25) is 5.15 Å². The minimum Gasteiger partial charge on any atom is -0.322 e. The average molecular weight is 318 g/mol. The van der Waals surface area contributed by atoms with Gasteiger partial charge in [0.05, 0.1) is 5.69 Å². The summed E-state index contributed by atoms with van der Waals surface area (Å²) in [4.78, 5) is 12.2. The van der Waals surface area contributed by atoms with Gasteiger partial charge in [-0.3, -0.25) is 9.48 Å². The smallest absolute Gasteiger partial charge is 0.248 e. The van der Waals surface area contributed by atoms with Crippen molar-refractivity contribution in [2.75, 3.05) is 5.32 Å². The van der Waals surface area contributed by atoms with Gasteiger partial charge in [-0.15, -0.1) is 0 Å². The van der Waals surface area contributed by atoms with Gasteiger partial charge in [0.25, 0.3) is 0 Å². The highest BCUT2D eigenvalue weighted by molar-refractivity contribution is 6.31. The van der Waals surface area contributed by atoms with Gasteiger partial charge in [0.1, 0.15) is 5.15 Å². The Labute approximate surface area is 135 Å². The third kappa shape index (κ3) is 3.39. The van der Waals surface area contributed by atoms with Crippen molar-refractivity contribution in [1.29, 1.82) is 0 Å². The lowest BCUT2D eigenvalue weighted by Crippen LogP contribution is -2.11. The molecule has 0 radical (unpaired) electrons. The molecule has 4 nitrogen and oxygen atoms in total. The summed E-state index contributed by atoms with van der Waals surface area (Å²) >= 11 is 6.15. The van der Waals surface area contributed by atoms with E-state index in [2.05, 4.69) is 17.3 Å². The monoisotopic (exact) mass is 317 g/mol. The molecular formula is C17H20ClN3O. The molecule has 0 aliphatic carbocycles. The molecule has 0 saturated heterocycles. The lowest BCUT2D eigenvalue weighted by atomic mass is 10.1. The van der Waals surface area contributed by atoms with Crippen molar-refractivity contribution in [2.45, 2.75) is 27.2 Å². The predicted molar refractivity (Wildman–Crippen MR) is 91.2 cm³/mol. The Morgan fingerprint density at radius 1 is 1.41 bits per heavy atom. The first-order chi connectivity index (χ1) is 10.4. The quantitative estimate of drug-likeness (QED) is 0.869. The number of nitrogens with zero attached hydrogens (tertiary/aromatic N) is 2. The predicted octanol–water partition coefficient (Wildman–Crippen LogP) is 3.90. The number of aryl methyl sites for hydroxylation is 4. The van der Waals surface area contributed by atoms with Gasteiger partial charge in [-0.2, -0.15) is 5.10 Å². The number of amides is 1. The second kappa shape index (κ2) is 6.79. The van der Waals surface area contributed by atoms with Crippen LogP contribution < -0.4 is 5.32 Å². The maximum absolute atomic E-state index is 12.2. The van der Waals surface area contributed by atoms with E-state index in [9.17, 15) is 4.79 Å². The zero-order valence-corrected chi connectivity index (χ0v) is 14.0. The van der Waals surface area contributed by atoms with Gasteiger partial charge in [0, 0.05) is 24.4 Å². The molecule has 0 fully saturated rings. The van der Waals surface area contributed by atoms with Gasteiger partial charge in [-0.05, 0) is 37.5 Å². The van der Waals surface area contributed by atoms with E-state index in [1.807, 2.05) is 32.0 Å². The Morgan fingerprint density at radius 3 is 2.73 bits per heavy atom. The van der Waals surface area contributed by atoms with Crippen LogP contribution in [0.3, 0.4) is 0 Å². The number of anilines is 1. The molecule has 2 aromatic rings. The molecule has 0 atom stereocenters. The first-order valence-corrected chi connectivity index (χ1v) is 7.58. The van der Waals surface area contributed by atoms with Crippen molar-refractivity contribution in [3.05, 3.63) is 51.8 Å². The molecule has 0 spiro atoms. The molecule has 2 rings (SSSR count). The molecule has 1 heterocycles. The number of rotatable bonds is 4. The molecule has 5 heteroatoms. The van der Waals surface area contributed by atoms with Crippen molar-refractivity contribution in [1.82, 2.24) is 9.78 Å². The van der Waals surface area contributed by atoms with Crippen LogP contribution in [0.1, 0.15) is 29.3 Å². The molecule has 1 aromatic carbocycles. The second-order valence-corrected chi connectivity index (χ2v) is 5.56. The number of carbonyl (C=O) groups is 1. The summed E-state index contributed by atoms with van der Waals surface area (Å²) in [6.07, 6.45) is 4.06. The van der Waals surface area contributed by atoms with Gasteiger partial charge in [0.15, 0.2) is 0 Å². The summed E-state index contributed by atoms with van der Waals surface area (Å²) in [5.41, 5.74) is 4.61. The Hall–Kier alpha value is -2.07. The SMILES string of the molecule is CCc1cccc(C)c1NC(=O)/C=C/c1c(C)nn(C)c1Cl. The van der Waals surface area contributed by atoms with Crippen LogP contribution in [-0.2, 0) is 18.3 Å². The van der Waals surface area contributed by atoms with Crippen molar-refractivity contribution in [2.24, 2.45) is 7.05 Å². The number of hydrogen-bond acceptors (Lipinski definition) is 2. The molecular weight excluding hydrogens is 298 g/mol. The maximum Gasteiger partial charge on any atom is 0.248 e. The molecule has 1 aromatic heterocycles. The van der Waals surface area contributed by atoms with Gasteiger partial charge < -0.3 is 5.32 Å². The Balaban J connectivity index is 2.19. The van der Waals surface area contributed by atoms with Gasteiger partial charge in [0.2, 0.25) is 5.91 Å². The molecule has 1 amide bonds. The van der Waals surface area contributed by atoms with Crippen LogP contribution in [0.15, 0.2) is 24.3 Å². The normalized spacial score (nSPS) is 11.1. The highest BCUT2D eigenvalue weighted by Crippen LogP contribution is 2.22. The van der Waals surface area contributed by atoms with E-state index in [-0.39, 0.29) is 5.91 Å². The highest BCUT2D eigenvalue weighted by atomic mass is 35.5. The molecule has 0 bridgehead atoms. The molecule has 22 heavy (non-hydrogen) atoms. The standard InChI is InChI=1S/C17H20ClN3O/c1-5-13-8-6-7-11(2)16(13)19-15(22)10-9-14-12(3)20-21(4)17(14)18/h6-10H,5H2,1-4H3,(H,19,22)/b10-9+. The van der Waals surface area contributed by atoms with Crippen LogP contribution in [0.5, 0.6) is 0 Å². The molecule has 1 N–H and O–H groups in total. The van der Waals surface area contributed by atoms with Crippen LogP contribution in [0, 0.1) is 13.8 Å². The zero-order valence-electron chi connectivity index (χ0n) is 13.3. The molecule has 0 saturated carbocycles. The van der Waals surface area contributed by atoms with E-state index < -0.39 is 0 Å². The number of para-hydroxylation sites is 1. The first kappa shape index (κ1) is 16.3. The fourth-order valence-electron chi connectivity index (χ4n) is 2.36. The molecule has 0 aliphatic heterocycles. The van der Waals surface area contributed by atoms with E-state index in [0.717, 1.165) is 34.5 Å². The molecule has 116 valence electrons. The largest absolute Gasteiger partial charge is 0.322 e. The van der Waals surface area contributed by atoms with Gasteiger partial charge in [-0.25, -0.2) is 0 Å². The van der Waals surface area contributed by atoms with Crippen molar-refractivity contribution < 1.29 is 4.79 Å². The summed E-state index contributed by atoms with van der Waals surface area (Å²) in [5.74, 6) is -0.177. The van der Waals surface area contributed by atoms with E-state index in [4.69, 9.17) is 11.6 Å². The fraction of sp³-hybridized carbons (Fsp3) is 0.294. The van der Waals surface area contributed by atoms with Crippen molar-refractivity contribution in [3.8, 4) is 0 Å². The first-order valence-electron chi connectivity index (χ1n) is 7.20. The number of nitrogens with one attached hydrogen (secondary N) is 1. The van der Waals surface area contributed by atoms with Gasteiger partial charge >= 0.3 is 0 Å². The summed E-state index contributed by atoms with van der Waals surface area (Å²) in [5, 5.41) is 7.69. The summed E-state index contributed by atoms with van der Waals surface area (Å²) in [7, 11) is 1.77. The second-order valence-electron chi connectivity index (χ2n) is 5.20. The third-order valence-corrected chi connectivity index (χ3v) is 4.03. The van der Waals surface area contributed by atoms with Crippen LogP contribution in [-0.4, -0.2) is 15.7 Å². The van der Waals surface area contributed by atoms with E-state index in [1.165, 1.54) is 6.08 Å². The Bertz CT molecular complexity index is 732. The van der Waals surface area contributed by atoms with Crippen LogP contribution >= 0.6 is 11.6 Å². The lowest BCUT2D eigenvalue weighted by molar-refractivity contribution is -0.111. The van der Waals surface area contributed by atoms with E-state index in [1.54, 1.807) is 17.8 Å². The van der Waals surface area contributed by atoms with E-state index >= 15 is 0 Å². The minimum absolute atomic E-state index is 0.177. The average Bonchev–Trinajstić information content (AvgIpc) is 2.72. The number of hydrogen-bond donors (Lipinski definition) is 1. The maximum atomic E-state index is 12.2. The number of benzene rings is 1. The number of halogens is 1.